The summed E-state index contributed by atoms with van der Waals surface area (Å²) in [7, 11) is 0. The van der Waals surface area contributed by atoms with Crippen molar-refractivity contribution in [3.05, 3.63) is 48.0 Å². The van der Waals surface area contributed by atoms with Crippen LogP contribution < -0.4 is 10.1 Å². The van der Waals surface area contributed by atoms with Gasteiger partial charge in [-0.1, -0.05) is 24.3 Å². The maximum absolute atomic E-state index is 11.8. The largest absolute Gasteiger partial charge is 0.483 e. The lowest BCUT2D eigenvalue weighted by molar-refractivity contribution is -0.123. The number of carbonyl (C=O) groups excluding carboxylic acids is 1. The SMILES string of the molecule is Cc1cccc2oc(-c3ccccc3OCC(=O)NC(C)C)nc12. The molecule has 124 valence electrons. The maximum Gasteiger partial charge on any atom is 0.258 e. The number of rotatable bonds is 5. The third-order valence-electron chi connectivity index (χ3n) is 3.55. The molecule has 0 aliphatic rings. The molecule has 0 bridgehead atoms. The Kier molecular flexibility index (Phi) is 4.51. The van der Waals surface area contributed by atoms with Gasteiger partial charge in [0.1, 0.15) is 11.3 Å². The molecule has 1 heterocycles. The molecule has 0 radical (unpaired) electrons. The van der Waals surface area contributed by atoms with Gasteiger partial charge in [-0.25, -0.2) is 4.98 Å². The summed E-state index contributed by atoms with van der Waals surface area (Å²) in [5.74, 6) is 0.896. The molecule has 0 aliphatic heterocycles. The Hall–Kier alpha value is -2.82. The second kappa shape index (κ2) is 6.74. The van der Waals surface area contributed by atoms with Crippen molar-refractivity contribution < 1.29 is 13.9 Å². The van der Waals surface area contributed by atoms with Gasteiger partial charge in [0.25, 0.3) is 5.91 Å². The van der Waals surface area contributed by atoms with Crippen molar-refractivity contribution in [3.8, 4) is 17.2 Å². The average Bonchev–Trinajstić information content (AvgIpc) is 2.98. The lowest BCUT2D eigenvalue weighted by Crippen LogP contribution is -2.34. The Morgan fingerprint density at radius 3 is 2.75 bits per heavy atom. The van der Waals surface area contributed by atoms with Crippen LogP contribution in [0.1, 0.15) is 19.4 Å². The average molecular weight is 324 g/mol. The first-order valence-electron chi connectivity index (χ1n) is 7.92. The monoisotopic (exact) mass is 324 g/mol. The van der Waals surface area contributed by atoms with Gasteiger partial charge in [-0.3, -0.25) is 4.79 Å². The molecular formula is C19H20N2O3. The van der Waals surface area contributed by atoms with E-state index in [1.165, 1.54) is 0 Å². The first-order chi connectivity index (χ1) is 11.5. The van der Waals surface area contributed by atoms with Crippen LogP contribution in [0.3, 0.4) is 0 Å². The summed E-state index contributed by atoms with van der Waals surface area (Å²) in [6, 6.07) is 13.3. The Morgan fingerprint density at radius 2 is 2.00 bits per heavy atom. The summed E-state index contributed by atoms with van der Waals surface area (Å²) in [5.41, 5.74) is 3.35. The van der Waals surface area contributed by atoms with E-state index < -0.39 is 0 Å². The Labute approximate surface area is 140 Å². The highest BCUT2D eigenvalue weighted by Gasteiger charge is 2.15. The highest BCUT2D eigenvalue weighted by Crippen LogP contribution is 2.32. The lowest BCUT2D eigenvalue weighted by atomic mass is 10.2. The number of benzene rings is 2. The summed E-state index contributed by atoms with van der Waals surface area (Å²) >= 11 is 0. The molecule has 5 heteroatoms. The van der Waals surface area contributed by atoms with Crippen molar-refractivity contribution in [2.45, 2.75) is 26.8 Å². The molecule has 3 rings (SSSR count). The molecule has 0 fully saturated rings. The molecule has 3 aromatic rings. The number of carbonyl (C=O) groups is 1. The van der Waals surface area contributed by atoms with Crippen molar-refractivity contribution in [1.29, 1.82) is 0 Å². The Morgan fingerprint density at radius 1 is 1.21 bits per heavy atom. The number of amides is 1. The van der Waals surface area contributed by atoms with E-state index >= 15 is 0 Å². The van der Waals surface area contributed by atoms with E-state index in [1.54, 1.807) is 6.07 Å². The predicted molar refractivity (Wildman–Crippen MR) is 93.0 cm³/mol. The van der Waals surface area contributed by atoms with Crippen LogP contribution in [0, 0.1) is 6.92 Å². The van der Waals surface area contributed by atoms with Gasteiger partial charge in [0.05, 0.1) is 5.56 Å². The highest BCUT2D eigenvalue weighted by molar-refractivity contribution is 5.81. The summed E-state index contributed by atoms with van der Waals surface area (Å²) in [6.45, 7) is 5.76. The number of hydrogen-bond acceptors (Lipinski definition) is 4. The smallest absolute Gasteiger partial charge is 0.258 e. The zero-order chi connectivity index (χ0) is 17.1. The number of aromatic nitrogens is 1. The van der Waals surface area contributed by atoms with Gasteiger partial charge in [0.15, 0.2) is 12.2 Å². The van der Waals surface area contributed by atoms with Gasteiger partial charge in [0, 0.05) is 6.04 Å². The zero-order valence-corrected chi connectivity index (χ0v) is 14.0. The minimum Gasteiger partial charge on any atom is -0.483 e. The van der Waals surface area contributed by atoms with Crippen LogP contribution in [-0.2, 0) is 4.79 Å². The molecule has 0 saturated heterocycles. The molecule has 2 aromatic carbocycles. The predicted octanol–water partition coefficient (Wildman–Crippen LogP) is 3.71. The molecule has 1 aromatic heterocycles. The van der Waals surface area contributed by atoms with Crippen LogP contribution >= 0.6 is 0 Å². The number of aryl methyl sites for hydroxylation is 1. The Bertz CT molecular complexity index is 868. The molecule has 0 spiro atoms. The van der Waals surface area contributed by atoms with Gasteiger partial charge in [-0.05, 0) is 44.5 Å². The minimum atomic E-state index is -0.159. The lowest BCUT2D eigenvalue weighted by Gasteiger charge is -2.11. The topological polar surface area (TPSA) is 64.4 Å². The van der Waals surface area contributed by atoms with Crippen LogP contribution in [0.5, 0.6) is 5.75 Å². The Balaban J connectivity index is 1.88. The molecule has 1 amide bonds. The van der Waals surface area contributed by atoms with Crippen molar-refractivity contribution in [2.75, 3.05) is 6.61 Å². The fraction of sp³-hybridized carbons (Fsp3) is 0.263. The summed E-state index contributed by atoms with van der Waals surface area (Å²) in [5, 5.41) is 2.80. The van der Waals surface area contributed by atoms with E-state index in [1.807, 2.05) is 57.2 Å². The van der Waals surface area contributed by atoms with Gasteiger partial charge in [-0.15, -0.1) is 0 Å². The maximum atomic E-state index is 11.8. The molecule has 0 aliphatic carbocycles. The van der Waals surface area contributed by atoms with Crippen molar-refractivity contribution in [1.82, 2.24) is 10.3 Å². The molecule has 0 unspecified atom stereocenters. The van der Waals surface area contributed by atoms with E-state index in [0.717, 1.165) is 22.2 Å². The van der Waals surface area contributed by atoms with Crippen molar-refractivity contribution in [2.24, 2.45) is 0 Å². The van der Waals surface area contributed by atoms with E-state index in [-0.39, 0.29) is 18.6 Å². The second-order valence-electron chi connectivity index (χ2n) is 5.95. The van der Waals surface area contributed by atoms with E-state index in [9.17, 15) is 4.79 Å². The zero-order valence-electron chi connectivity index (χ0n) is 14.0. The highest BCUT2D eigenvalue weighted by atomic mass is 16.5. The van der Waals surface area contributed by atoms with Crippen LogP contribution in [-0.4, -0.2) is 23.5 Å². The molecular weight excluding hydrogens is 304 g/mol. The van der Waals surface area contributed by atoms with Crippen LogP contribution in [0.15, 0.2) is 46.9 Å². The van der Waals surface area contributed by atoms with Gasteiger partial charge in [-0.2, -0.15) is 0 Å². The number of para-hydroxylation sites is 2. The molecule has 1 N–H and O–H groups in total. The number of hydrogen-bond donors (Lipinski definition) is 1. The van der Waals surface area contributed by atoms with Crippen LogP contribution in [0.4, 0.5) is 0 Å². The number of oxazole rings is 1. The standard InChI is InChI=1S/C19H20N2O3/c1-12(2)20-17(22)11-23-15-9-5-4-8-14(15)19-21-18-13(3)7-6-10-16(18)24-19/h4-10,12H,11H2,1-3H3,(H,20,22). The second-order valence-corrected chi connectivity index (χ2v) is 5.95. The van der Waals surface area contributed by atoms with Crippen LogP contribution in [0.2, 0.25) is 0 Å². The number of ether oxygens (including phenoxy) is 1. The van der Waals surface area contributed by atoms with Crippen molar-refractivity contribution in [3.63, 3.8) is 0 Å². The minimum absolute atomic E-state index is 0.0472. The summed E-state index contributed by atoms with van der Waals surface area (Å²) < 4.78 is 11.5. The summed E-state index contributed by atoms with van der Waals surface area (Å²) in [6.07, 6.45) is 0. The number of nitrogens with zero attached hydrogens (tertiary/aromatic N) is 1. The molecule has 24 heavy (non-hydrogen) atoms. The summed E-state index contributed by atoms with van der Waals surface area (Å²) in [4.78, 5) is 16.4. The molecule has 0 atom stereocenters. The van der Waals surface area contributed by atoms with E-state index in [2.05, 4.69) is 10.3 Å². The third-order valence-corrected chi connectivity index (χ3v) is 3.55. The molecule has 5 nitrogen and oxygen atoms in total. The number of nitrogens with one attached hydrogen (secondary N) is 1. The first kappa shape index (κ1) is 16.1. The number of fused-ring (bicyclic) bond motifs is 1. The fourth-order valence-corrected chi connectivity index (χ4v) is 2.48. The molecule has 0 saturated carbocycles. The fourth-order valence-electron chi connectivity index (χ4n) is 2.48. The van der Waals surface area contributed by atoms with E-state index in [4.69, 9.17) is 9.15 Å². The van der Waals surface area contributed by atoms with E-state index in [0.29, 0.717) is 11.6 Å². The van der Waals surface area contributed by atoms with Gasteiger partial charge in [0.2, 0.25) is 5.89 Å². The van der Waals surface area contributed by atoms with Gasteiger partial charge >= 0.3 is 0 Å². The van der Waals surface area contributed by atoms with Crippen molar-refractivity contribution >= 4 is 17.0 Å². The normalized spacial score (nSPS) is 11.0. The van der Waals surface area contributed by atoms with Gasteiger partial charge < -0.3 is 14.5 Å². The first-order valence-corrected chi connectivity index (χ1v) is 7.92. The van der Waals surface area contributed by atoms with Crippen LogP contribution in [0.25, 0.3) is 22.6 Å². The third kappa shape index (κ3) is 3.40. The quantitative estimate of drug-likeness (QED) is 0.777.